The van der Waals surface area contributed by atoms with Gasteiger partial charge in [0, 0.05) is 18.8 Å². The van der Waals surface area contributed by atoms with Crippen molar-refractivity contribution in [1.82, 2.24) is 10.1 Å². The highest BCUT2D eigenvalue weighted by atomic mass is 32.2. The maximum atomic E-state index is 11.6. The Bertz CT molecular complexity index is 417. The molecule has 7 heteroatoms. The summed E-state index contributed by atoms with van der Waals surface area (Å²) in [5.41, 5.74) is 0. The molecule has 0 aliphatic carbocycles. The first-order chi connectivity index (χ1) is 8.34. The summed E-state index contributed by atoms with van der Waals surface area (Å²) < 4.78 is 10.5. The fourth-order valence-electron chi connectivity index (χ4n) is 1.94. The van der Waals surface area contributed by atoms with E-state index in [4.69, 9.17) is 9.26 Å². The van der Waals surface area contributed by atoms with Crippen LogP contribution >= 0.6 is 11.8 Å². The van der Waals surface area contributed by atoms with Crippen molar-refractivity contribution in [3.8, 4) is 0 Å². The standard InChI is InChI=1S/C10H13N3O3S/c14-8-6-17-5-7(8)9-11-10(12-16-9)13-1-3-15-4-2-13/h7H,1-6H2. The Hall–Kier alpha value is -1.08. The molecule has 0 bridgehead atoms. The van der Waals surface area contributed by atoms with Crippen molar-refractivity contribution in [2.75, 3.05) is 42.7 Å². The molecule has 3 rings (SSSR count). The molecule has 0 N–H and O–H groups in total. The highest BCUT2D eigenvalue weighted by molar-refractivity contribution is 8.00. The molecule has 1 unspecified atom stereocenters. The lowest BCUT2D eigenvalue weighted by Crippen LogP contribution is -2.36. The van der Waals surface area contributed by atoms with Crippen molar-refractivity contribution < 1.29 is 14.1 Å². The van der Waals surface area contributed by atoms with Gasteiger partial charge in [-0.15, -0.1) is 0 Å². The number of aromatic nitrogens is 2. The van der Waals surface area contributed by atoms with Crippen LogP contribution in [0.2, 0.25) is 0 Å². The van der Waals surface area contributed by atoms with Gasteiger partial charge in [-0.05, 0) is 5.16 Å². The predicted molar refractivity (Wildman–Crippen MR) is 62.4 cm³/mol. The maximum absolute atomic E-state index is 11.6. The van der Waals surface area contributed by atoms with Gasteiger partial charge in [-0.25, -0.2) is 0 Å². The Morgan fingerprint density at radius 2 is 2.18 bits per heavy atom. The van der Waals surface area contributed by atoms with E-state index in [0.717, 1.165) is 18.8 Å². The van der Waals surface area contributed by atoms with Gasteiger partial charge in [0.05, 0.1) is 19.0 Å². The van der Waals surface area contributed by atoms with E-state index >= 15 is 0 Å². The van der Waals surface area contributed by atoms with Crippen molar-refractivity contribution in [1.29, 1.82) is 0 Å². The van der Waals surface area contributed by atoms with Crippen LogP contribution in [0.25, 0.3) is 0 Å². The number of hydrogen-bond acceptors (Lipinski definition) is 7. The third-order valence-electron chi connectivity index (χ3n) is 2.94. The normalized spacial score (nSPS) is 25.5. The van der Waals surface area contributed by atoms with Gasteiger partial charge in [0.25, 0.3) is 5.95 Å². The fraction of sp³-hybridized carbons (Fsp3) is 0.700. The van der Waals surface area contributed by atoms with E-state index in [2.05, 4.69) is 10.1 Å². The minimum Gasteiger partial charge on any atom is -0.378 e. The molecule has 1 atom stereocenters. The molecule has 3 heterocycles. The molecular weight excluding hydrogens is 242 g/mol. The topological polar surface area (TPSA) is 68.5 Å². The minimum absolute atomic E-state index is 0.187. The van der Waals surface area contributed by atoms with E-state index in [0.29, 0.717) is 30.8 Å². The Balaban J connectivity index is 1.75. The van der Waals surface area contributed by atoms with Gasteiger partial charge in [0.15, 0.2) is 5.78 Å². The molecule has 1 aromatic rings. The number of carbonyl (C=O) groups is 1. The molecule has 92 valence electrons. The minimum atomic E-state index is -0.206. The Kier molecular flexibility index (Phi) is 3.02. The first-order valence-electron chi connectivity index (χ1n) is 5.61. The summed E-state index contributed by atoms with van der Waals surface area (Å²) in [5.74, 6) is 2.33. The molecule has 2 saturated heterocycles. The van der Waals surface area contributed by atoms with E-state index in [9.17, 15) is 4.79 Å². The number of ketones is 1. The van der Waals surface area contributed by atoms with Crippen LogP contribution < -0.4 is 4.90 Å². The molecule has 1 aromatic heterocycles. The van der Waals surface area contributed by atoms with Crippen LogP contribution in [0.4, 0.5) is 5.95 Å². The maximum Gasteiger partial charge on any atom is 0.266 e. The van der Waals surface area contributed by atoms with Crippen molar-refractivity contribution in [3.05, 3.63) is 5.89 Å². The summed E-state index contributed by atoms with van der Waals surface area (Å²) in [6.07, 6.45) is 0. The summed E-state index contributed by atoms with van der Waals surface area (Å²) in [5, 5.41) is 3.94. The third-order valence-corrected chi connectivity index (χ3v) is 4.00. The molecule has 0 saturated carbocycles. The number of hydrogen-bond donors (Lipinski definition) is 0. The van der Waals surface area contributed by atoms with Gasteiger partial charge in [-0.2, -0.15) is 16.7 Å². The number of carbonyl (C=O) groups excluding carboxylic acids is 1. The second kappa shape index (κ2) is 4.66. The largest absolute Gasteiger partial charge is 0.378 e. The second-order valence-electron chi connectivity index (χ2n) is 4.07. The highest BCUT2D eigenvalue weighted by Gasteiger charge is 2.32. The lowest BCUT2D eigenvalue weighted by molar-refractivity contribution is -0.117. The van der Waals surface area contributed by atoms with Gasteiger partial charge in [-0.3, -0.25) is 4.79 Å². The van der Waals surface area contributed by atoms with Gasteiger partial charge < -0.3 is 14.2 Å². The second-order valence-corrected chi connectivity index (χ2v) is 5.10. The van der Waals surface area contributed by atoms with E-state index in [-0.39, 0.29) is 11.7 Å². The number of morpholine rings is 1. The lowest BCUT2D eigenvalue weighted by atomic mass is 10.1. The highest BCUT2D eigenvalue weighted by Crippen LogP contribution is 2.29. The Morgan fingerprint density at radius 1 is 1.35 bits per heavy atom. The molecule has 0 aromatic carbocycles. The molecule has 2 aliphatic heterocycles. The average Bonchev–Trinajstić information content (AvgIpc) is 2.98. The Morgan fingerprint density at radius 3 is 2.88 bits per heavy atom. The molecule has 0 spiro atoms. The molecule has 2 aliphatic rings. The summed E-state index contributed by atoms with van der Waals surface area (Å²) in [7, 11) is 0. The molecule has 6 nitrogen and oxygen atoms in total. The van der Waals surface area contributed by atoms with E-state index in [1.54, 1.807) is 11.8 Å². The van der Waals surface area contributed by atoms with Crippen LogP contribution in [-0.4, -0.2) is 53.7 Å². The number of thioether (sulfide) groups is 1. The predicted octanol–water partition coefficient (Wildman–Crippen LogP) is 0.306. The van der Waals surface area contributed by atoms with Crippen molar-refractivity contribution in [2.45, 2.75) is 5.92 Å². The van der Waals surface area contributed by atoms with Crippen LogP contribution in [0.1, 0.15) is 11.8 Å². The van der Waals surface area contributed by atoms with Gasteiger partial charge in [0.1, 0.15) is 5.92 Å². The number of nitrogens with zero attached hydrogens (tertiary/aromatic N) is 3. The summed E-state index contributed by atoms with van der Waals surface area (Å²) >= 11 is 1.62. The van der Waals surface area contributed by atoms with Gasteiger partial charge in [-0.1, -0.05) is 0 Å². The monoisotopic (exact) mass is 255 g/mol. The van der Waals surface area contributed by atoms with Gasteiger partial charge in [0.2, 0.25) is 5.89 Å². The third kappa shape index (κ3) is 2.16. The van der Waals surface area contributed by atoms with Crippen molar-refractivity contribution in [2.24, 2.45) is 0 Å². The first kappa shape index (κ1) is 11.0. The summed E-state index contributed by atoms with van der Waals surface area (Å²) in [6.45, 7) is 2.91. The Labute approximate surface area is 103 Å². The summed E-state index contributed by atoms with van der Waals surface area (Å²) in [6, 6.07) is 0. The van der Waals surface area contributed by atoms with Crippen LogP contribution in [0.3, 0.4) is 0 Å². The van der Waals surface area contributed by atoms with Gasteiger partial charge >= 0.3 is 0 Å². The van der Waals surface area contributed by atoms with Crippen LogP contribution in [0.5, 0.6) is 0 Å². The fourth-order valence-corrected chi connectivity index (χ4v) is 3.02. The van der Waals surface area contributed by atoms with Crippen LogP contribution in [0, 0.1) is 0 Å². The van der Waals surface area contributed by atoms with Crippen molar-refractivity contribution >= 4 is 23.5 Å². The number of rotatable bonds is 2. The number of anilines is 1. The van der Waals surface area contributed by atoms with Crippen LogP contribution in [0.15, 0.2) is 4.52 Å². The first-order valence-corrected chi connectivity index (χ1v) is 6.77. The quantitative estimate of drug-likeness (QED) is 0.753. The van der Waals surface area contributed by atoms with E-state index in [1.165, 1.54) is 0 Å². The number of ether oxygens (including phenoxy) is 1. The van der Waals surface area contributed by atoms with E-state index < -0.39 is 0 Å². The van der Waals surface area contributed by atoms with Crippen LogP contribution in [-0.2, 0) is 9.53 Å². The smallest absolute Gasteiger partial charge is 0.266 e. The average molecular weight is 255 g/mol. The zero-order valence-electron chi connectivity index (χ0n) is 9.29. The zero-order chi connectivity index (χ0) is 11.7. The molecule has 17 heavy (non-hydrogen) atoms. The molecular formula is C10H13N3O3S. The summed E-state index contributed by atoms with van der Waals surface area (Å²) in [4.78, 5) is 17.9. The SMILES string of the molecule is O=C1CSCC1c1nc(N2CCOCC2)no1. The zero-order valence-corrected chi connectivity index (χ0v) is 10.1. The molecule has 0 radical (unpaired) electrons. The molecule has 0 amide bonds. The lowest BCUT2D eigenvalue weighted by Gasteiger charge is -2.24. The van der Waals surface area contributed by atoms with Crippen molar-refractivity contribution in [3.63, 3.8) is 0 Å². The van der Waals surface area contributed by atoms with E-state index in [1.807, 2.05) is 4.90 Å². The number of Topliss-reactive ketones (excluding diaryl/α,β-unsaturated/α-hetero) is 1. The molecule has 2 fully saturated rings.